The highest BCUT2D eigenvalue weighted by Crippen LogP contribution is 2.54. The van der Waals surface area contributed by atoms with Crippen LogP contribution >= 0.6 is 0 Å². The molecule has 1 amide bonds. The van der Waals surface area contributed by atoms with E-state index >= 15 is 0 Å². The highest BCUT2D eigenvalue weighted by molar-refractivity contribution is 5.79. The second kappa shape index (κ2) is 4.52. The van der Waals surface area contributed by atoms with E-state index in [0.717, 1.165) is 31.1 Å². The lowest BCUT2D eigenvalue weighted by Crippen LogP contribution is -2.40. The third-order valence-electron chi connectivity index (χ3n) is 3.82. The molecule has 2 fully saturated rings. The van der Waals surface area contributed by atoms with E-state index in [-0.39, 0.29) is 11.9 Å². The number of nitrogens with one attached hydrogen (secondary N) is 1. The highest BCUT2D eigenvalue weighted by atomic mass is 16.5. The van der Waals surface area contributed by atoms with Crippen LogP contribution in [0.2, 0.25) is 0 Å². The molecule has 0 spiro atoms. The first-order valence-electron chi connectivity index (χ1n) is 6.03. The van der Waals surface area contributed by atoms with Crippen LogP contribution in [0.1, 0.15) is 32.6 Å². The number of fused-ring (bicyclic) bond motifs is 1. The van der Waals surface area contributed by atoms with Gasteiger partial charge in [0.15, 0.2) is 0 Å². The van der Waals surface area contributed by atoms with Crippen molar-refractivity contribution in [3.05, 3.63) is 0 Å². The van der Waals surface area contributed by atoms with Crippen LogP contribution in [-0.2, 0) is 9.53 Å². The first-order valence-corrected chi connectivity index (χ1v) is 6.03. The Morgan fingerprint density at radius 1 is 1.40 bits per heavy atom. The van der Waals surface area contributed by atoms with E-state index in [0.29, 0.717) is 12.5 Å². The molecule has 0 aromatic heterocycles. The minimum Gasteiger partial charge on any atom is -0.383 e. The van der Waals surface area contributed by atoms with E-state index in [1.807, 2.05) is 0 Å². The fourth-order valence-electron chi connectivity index (χ4n) is 2.71. The van der Waals surface area contributed by atoms with Gasteiger partial charge < -0.3 is 10.1 Å². The molecule has 86 valence electrons. The number of hydrogen-bond donors (Lipinski definition) is 1. The summed E-state index contributed by atoms with van der Waals surface area (Å²) in [5.74, 6) is 2.30. The summed E-state index contributed by atoms with van der Waals surface area (Å²) in [5, 5.41) is 3.09. The zero-order valence-electron chi connectivity index (χ0n) is 9.66. The number of carbonyl (C=O) groups is 1. The molecular formula is C12H21NO2. The standard InChI is InChI=1S/C12H21NO2/c1-3-11(7-15-2)13-12(14)10-5-8-4-9(8)6-10/h8-11H,3-7H2,1-2H3,(H,13,14). The molecule has 2 saturated carbocycles. The Morgan fingerprint density at radius 2 is 2.07 bits per heavy atom. The highest BCUT2D eigenvalue weighted by Gasteiger charge is 2.48. The number of rotatable bonds is 5. The molecule has 0 heterocycles. The lowest BCUT2D eigenvalue weighted by Gasteiger charge is -2.19. The smallest absolute Gasteiger partial charge is 0.223 e. The molecule has 0 bridgehead atoms. The Balaban J connectivity index is 1.75. The third-order valence-corrected chi connectivity index (χ3v) is 3.82. The van der Waals surface area contributed by atoms with Crippen LogP contribution in [0.5, 0.6) is 0 Å². The third kappa shape index (κ3) is 2.51. The zero-order chi connectivity index (χ0) is 10.8. The number of methoxy groups -OCH3 is 1. The predicted molar refractivity (Wildman–Crippen MR) is 58.4 cm³/mol. The van der Waals surface area contributed by atoms with Gasteiger partial charge in [0.25, 0.3) is 0 Å². The largest absolute Gasteiger partial charge is 0.383 e. The summed E-state index contributed by atoms with van der Waals surface area (Å²) in [6.45, 7) is 2.71. The van der Waals surface area contributed by atoms with E-state index in [1.165, 1.54) is 6.42 Å². The van der Waals surface area contributed by atoms with Crippen LogP contribution in [-0.4, -0.2) is 25.7 Å². The first kappa shape index (κ1) is 10.9. The Kier molecular flexibility index (Phi) is 3.29. The van der Waals surface area contributed by atoms with Crippen molar-refractivity contribution in [1.29, 1.82) is 0 Å². The van der Waals surface area contributed by atoms with Crippen LogP contribution in [0.15, 0.2) is 0 Å². The molecule has 0 aliphatic heterocycles. The first-order chi connectivity index (χ1) is 7.24. The van der Waals surface area contributed by atoms with Gasteiger partial charge in [-0.3, -0.25) is 4.79 Å². The van der Waals surface area contributed by atoms with Crippen molar-refractivity contribution in [1.82, 2.24) is 5.32 Å². The number of ether oxygens (including phenoxy) is 1. The van der Waals surface area contributed by atoms with Gasteiger partial charge in [-0.15, -0.1) is 0 Å². The van der Waals surface area contributed by atoms with E-state index in [2.05, 4.69) is 12.2 Å². The maximum absolute atomic E-state index is 11.9. The van der Waals surface area contributed by atoms with E-state index in [9.17, 15) is 4.79 Å². The molecule has 0 aromatic carbocycles. The second-order valence-electron chi connectivity index (χ2n) is 4.99. The SMILES string of the molecule is CCC(COC)NC(=O)C1CC2CC2C1. The molecule has 0 aromatic rings. The summed E-state index contributed by atoms with van der Waals surface area (Å²) in [6, 6.07) is 0.194. The number of hydrogen-bond acceptors (Lipinski definition) is 2. The van der Waals surface area contributed by atoms with Crippen molar-refractivity contribution in [2.45, 2.75) is 38.6 Å². The van der Waals surface area contributed by atoms with Crippen molar-refractivity contribution in [2.75, 3.05) is 13.7 Å². The Bertz CT molecular complexity index is 232. The molecule has 3 unspecified atom stereocenters. The molecule has 0 saturated heterocycles. The lowest BCUT2D eigenvalue weighted by atomic mass is 10.0. The molecular weight excluding hydrogens is 190 g/mol. The van der Waals surface area contributed by atoms with Crippen LogP contribution < -0.4 is 5.32 Å². The average Bonchev–Trinajstić information content (AvgIpc) is 2.85. The van der Waals surface area contributed by atoms with Crippen molar-refractivity contribution in [3.63, 3.8) is 0 Å². The monoisotopic (exact) mass is 211 g/mol. The maximum Gasteiger partial charge on any atom is 0.223 e. The zero-order valence-corrected chi connectivity index (χ0v) is 9.66. The van der Waals surface area contributed by atoms with Gasteiger partial charge in [-0.1, -0.05) is 6.92 Å². The summed E-state index contributed by atoms with van der Waals surface area (Å²) < 4.78 is 5.07. The van der Waals surface area contributed by atoms with Gasteiger partial charge in [-0.05, 0) is 37.5 Å². The van der Waals surface area contributed by atoms with E-state index < -0.39 is 0 Å². The topological polar surface area (TPSA) is 38.3 Å². The number of amides is 1. The Hall–Kier alpha value is -0.570. The fraction of sp³-hybridized carbons (Fsp3) is 0.917. The molecule has 3 heteroatoms. The Labute approximate surface area is 91.6 Å². The lowest BCUT2D eigenvalue weighted by molar-refractivity contribution is -0.126. The van der Waals surface area contributed by atoms with Crippen LogP contribution in [0.3, 0.4) is 0 Å². The molecule has 3 nitrogen and oxygen atoms in total. The van der Waals surface area contributed by atoms with Gasteiger partial charge in [0.1, 0.15) is 0 Å². The molecule has 15 heavy (non-hydrogen) atoms. The van der Waals surface area contributed by atoms with Crippen LogP contribution in [0, 0.1) is 17.8 Å². The summed E-state index contributed by atoms with van der Waals surface area (Å²) in [6.07, 6.45) is 4.57. The molecule has 2 aliphatic carbocycles. The summed E-state index contributed by atoms with van der Waals surface area (Å²) >= 11 is 0. The minimum atomic E-state index is 0.194. The second-order valence-corrected chi connectivity index (χ2v) is 4.99. The maximum atomic E-state index is 11.9. The van der Waals surface area contributed by atoms with Crippen molar-refractivity contribution in [2.24, 2.45) is 17.8 Å². The fourth-order valence-corrected chi connectivity index (χ4v) is 2.71. The van der Waals surface area contributed by atoms with E-state index in [4.69, 9.17) is 4.74 Å². The van der Waals surface area contributed by atoms with Crippen LogP contribution in [0.4, 0.5) is 0 Å². The van der Waals surface area contributed by atoms with Gasteiger partial charge in [0.2, 0.25) is 5.91 Å². The number of carbonyl (C=O) groups excluding carboxylic acids is 1. The van der Waals surface area contributed by atoms with E-state index in [1.54, 1.807) is 7.11 Å². The van der Waals surface area contributed by atoms with Crippen molar-refractivity contribution in [3.8, 4) is 0 Å². The molecule has 2 rings (SSSR count). The minimum absolute atomic E-state index is 0.194. The summed E-state index contributed by atoms with van der Waals surface area (Å²) in [4.78, 5) is 11.9. The van der Waals surface area contributed by atoms with Gasteiger partial charge in [0, 0.05) is 13.0 Å². The molecule has 2 aliphatic rings. The summed E-state index contributed by atoms with van der Waals surface area (Å²) in [5.41, 5.74) is 0. The normalized spacial score (nSPS) is 34.7. The van der Waals surface area contributed by atoms with Crippen molar-refractivity contribution >= 4 is 5.91 Å². The summed E-state index contributed by atoms with van der Waals surface area (Å²) in [7, 11) is 1.68. The van der Waals surface area contributed by atoms with Gasteiger partial charge in [-0.2, -0.15) is 0 Å². The molecule has 3 atom stereocenters. The van der Waals surface area contributed by atoms with Gasteiger partial charge in [0.05, 0.1) is 12.6 Å². The average molecular weight is 211 g/mol. The van der Waals surface area contributed by atoms with Gasteiger partial charge in [-0.25, -0.2) is 0 Å². The van der Waals surface area contributed by atoms with Gasteiger partial charge >= 0.3 is 0 Å². The quantitative estimate of drug-likeness (QED) is 0.749. The van der Waals surface area contributed by atoms with Crippen LogP contribution in [0.25, 0.3) is 0 Å². The predicted octanol–water partition coefficient (Wildman–Crippen LogP) is 1.57. The molecule has 1 N–H and O–H groups in total. The van der Waals surface area contributed by atoms with Crippen molar-refractivity contribution < 1.29 is 9.53 Å². The molecule has 0 radical (unpaired) electrons. The Morgan fingerprint density at radius 3 is 2.60 bits per heavy atom.